The third-order valence-electron chi connectivity index (χ3n) is 2.90. The average Bonchev–Trinajstić information content (AvgIpc) is 2.71. The quantitative estimate of drug-likeness (QED) is 0.617. The maximum absolute atomic E-state index is 11.9. The van der Waals surface area contributed by atoms with Gasteiger partial charge in [0.1, 0.15) is 6.04 Å². The van der Waals surface area contributed by atoms with Crippen LogP contribution in [0.2, 0.25) is 0 Å². The van der Waals surface area contributed by atoms with Gasteiger partial charge in [0, 0.05) is 13.0 Å². The van der Waals surface area contributed by atoms with Crippen molar-refractivity contribution in [3.8, 4) is 12.3 Å². The lowest BCUT2D eigenvalue weighted by atomic mass is 10.2. The van der Waals surface area contributed by atoms with Crippen molar-refractivity contribution in [3.63, 3.8) is 0 Å². The molecule has 1 heterocycles. The van der Waals surface area contributed by atoms with Crippen LogP contribution >= 0.6 is 0 Å². The van der Waals surface area contributed by atoms with Crippen molar-refractivity contribution >= 4 is 12.0 Å². The molecule has 6 nitrogen and oxygen atoms in total. The van der Waals surface area contributed by atoms with Gasteiger partial charge in [0.2, 0.25) is 0 Å². The molecule has 0 spiro atoms. The number of amides is 2. The van der Waals surface area contributed by atoms with Gasteiger partial charge in [-0.2, -0.15) is 0 Å². The van der Waals surface area contributed by atoms with Gasteiger partial charge in [-0.3, -0.25) is 0 Å². The molecular formula is C12H18N2O4. The number of β-amino-alcohol motifs (C(OH)–C–C–N with tert-alkyl or cyclic N) is 1. The first-order valence-electron chi connectivity index (χ1n) is 5.93. The van der Waals surface area contributed by atoms with E-state index < -0.39 is 30.2 Å². The molecule has 0 bridgehead atoms. The average molecular weight is 254 g/mol. The number of nitrogens with zero attached hydrogens (tertiary/aromatic N) is 1. The molecule has 100 valence electrons. The number of nitrogens with one attached hydrogen (secondary N) is 1. The summed E-state index contributed by atoms with van der Waals surface area (Å²) in [5.74, 6) is 1.33. The standard InChI is InChI=1S/C12H18N2O4/c1-3-5-8(4-2)13-12(18)14-7-9(15)6-10(14)11(16)17/h2,8-10,15H,3,5-7H2,1H3,(H,13,18)(H,16,17). The van der Waals surface area contributed by atoms with E-state index in [-0.39, 0.29) is 13.0 Å². The van der Waals surface area contributed by atoms with Crippen LogP contribution in [0.4, 0.5) is 4.79 Å². The number of hydrogen-bond donors (Lipinski definition) is 3. The van der Waals surface area contributed by atoms with Crippen molar-refractivity contribution in [1.29, 1.82) is 0 Å². The summed E-state index contributed by atoms with van der Waals surface area (Å²) in [4.78, 5) is 24.0. The number of aliphatic hydroxyl groups is 1. The van der Waals surface area contributed by atoms with Gasteiger partial charge in [-0.25, -0.2) is 9.59 Å². The second-order valence-corrected chi connectivity index (χ2v) is 4.35. The number of carboxylic acids is 1. The molecule has 2 amide bonds. The maximum Gasteiger partial charge on any atom is 0.326 e. The summed E-state index contributed by atoms with van der Waals surface area (Å²) in [6.07, 6.45) is 5.99. The fraction of sp³-hybridized carbons (Fsp3) is 0.667. The maximum atomic E-state index is 11.9. The second kappa shape index (κ2) is 6.26. The van der Waals surface area contributed by atoms with Crippen LogP contribution in [-0.4, -0.2) is 51.8 Å². The highest BCUT2D eigenvalue weighted by molar-refractivity contribution is 5.83. The monoisotopic (exact) mass is 254 g/mol. The molecule has 0 aromatic carbocycles. The Morgan fingerprint density at radius 3 is 2.78 bits per heavy atom. The van der Waals surface area contributed by atoms with Crippen LogP contribution < -0.4 is 5.32 Å². The molecule has 3 atom stereocenters. The van der Waals surface area contributed by atoms with Gasteiger partial charge in [-0.1, -0.05) is 19.3 Å². The lowest BCUT2D eigenvalue weighted by Gasteiger charge is -2.23. The van der Waals surface area contributed by atoms with Crippen molar-refractivity contribution in [3.05, 3.63) is 0 Å². The molecule has 1 aliphatic rings. The number of rotatable bonds is 4. The largest absolute Gasteiger partial charge is 0.480 e. The van der Waals surface area contributed by atoms with E-state index in [0.29, 0.717) is 6.42 Å². The summed E-state index contributed by atoms with van der Waals surface area (Å²) in [6, 6.07) is -1.93. The molecule has 0 radical (unpaired) electrons. The van der Waals surface area contributed by atoms with E-state index in [1.54, 1.807) is 0 Å². The molecule has 0 saturated carbocycles. The van der Waals surface area contributed by atoms with Crippen LogP contribution in [0, 0.1) is 12.3 Å². The molecule has 1 rings (SSSR count). The SMILES string of the molecule is C#CC(CCC)NC(=O)N1CC(O)CC1C(=O)O. The van der Waals surface area contributed by atoms with Crippen LogP contribution in [-0.2, 0) is 4.79 Å². The number of aliphatic carboxylic acids is 1. The number of carbonyl (C=O) groups is 2. The third-order valence-corrected chi connectivity index (χ3v) is 2.90. The highest BCUT2D eigenvalue weighted by Crippen LogP contribution is 2.18. The zero-order valence-electron chi connectivity index (χ0n) is 10.3. The lowest BCUT2D eigenvalue weighted by Crippen LogP contribution is -2.49. The first kappa shape index (κ1) is 14.3. The molecular weight excluding hydrogens is 236 g/mol. The van der Waals surface area contributed by atoms with Gasteiger partial charge in [0.05, 0.1) is 12.1 Å². The highest BCUT2D eigenvalue weighted by Gasteiger charge is 2.39. The van der Waals surface area contributed by atoms with Crippen molar-refractivity contribution < 1.29 is 19.8 Å². The van der Waals surface area contributed by atoms with Gasteiger partial charge >= 0.3 is 12.0 Å². The summed E-state index contributed by atoms with van der Waals surface area (Å²) >= 11 is 0. The van der Waals surface area contributed by atoms with Crippen LogP contribution in [0.1, 0.15) is 26.2 Å². The first-order chi connectivity index (χ1) is 8.49. The molecule has 0 aromatic heterocycles. The molecule has 0 aliphatic carbocycles. The Kier molecular flexibility index (Phi) is 4.98. The van der Waals surface area contributed by atoms with E-state index in [1.165, 1.54) is 0 Å². The van der Waals surface area contributed by atoms with Crippen molar-refractivity contribution in [2.24, 2.45) is 0 Å². The van der Waals surface area contributed by atoms with E-state index in [2.05, 4.69) is 11.2 Å². The number of carbonyl (C=O) groups excluding carboxylic acids is 1. The molecule has 1 aliphatic heterocycles. The Hall–Kier alpha value is -1.74. The van der Waals surface area contributed by atoms with Crippen molar-refractivity contribution in [2.45, 2.75) is 44.4 Å². The van der Waals surface area contributed by atoms with Gasteiger partial charge < -0.3 is 20.4 Å². The summed E-state index contributed by atoms with van der Waals surface area (Å²) in [6.45, 7) is 1.96. The number of terminal acetylenes is 1. The van der Waals surface area contributed by atoms with Crippen molar-refractivity contribution in [1.82, 2.24) is 10.2 Å². The number of likely N-dealkylation sites (tertiary alicyclic amines) is 1. The lowest BCUT2D eigenvalue weighted by molar-refractivity contribution is -0.141. The van der Waals surface area contributed by atoms with Crippen LogP contribution in [0.3, 0.4) is 0 Å². The molecule has 6 heteroatoms. The Bertz CT molecular complexity index is 364. The van der Waals surface area contributed by atoms with Gasteiger partial charge in [0.25, 0.3) is 0 Å². The fourth-order valence-corrected chi connectivity index (χ4v) is 1.99. The third kappa shape index (κ3) is 3.37. The Balaban J connectivity index is 2.65. The summed E-state index contributed by atoms with van der Waals surface area (Å²) in [7, 11) is 0. The predicted molar refractivity (Wildman–Crippen MR) is 64.8 cm³/mol. The predicted octanol–water partition coefficient (Wildman–Crippen LogP) is 0.0177. The minimum absolute atomic E-state index is 0.0201. The molecule has 18 heavy (non-hydrogen) atoms. The van der Waals surface area contributed by atoms with E-state index in [1.807, 2.05) is 6.92 Å². The zero-order valence-corrected chi connectivity index (χ0v) is 10.3. The smallest absolute Gasteiger partial charge is 0.326 e. The highest BCUT2D eigenvalue weighted by atomic mass is 16.4. The molecule has 3 unspecified atom stereocenters. The molecule has 0 aromatic rings. The van der Waals surface area contributed by atoms with Gasteiger partial charge in [0.15, 0.2) is 0 Å². The zero-order chi connectivity index (χ0) is 13.7. The van der Waals surface area contributed by atoms with E-state index in [9.17, 15) is 14.7 Å². The minimum atomic E-state index is -1.12. The number of urea groups is 1. The fourth-order valence-electron chi connectivity index (χ4n) is 1.99. The van der Waals surface area contributed by atoms with E-state index in [0.717, 1.165) is 11.3 Å². The molecule has 1 saturated heterocycles. The van der Waals surface area contributed by atoms with Crippen molar-refractivity contribution in [2.75, 3.05) is 6.54 Å². The van der Waals surface area contributed by atoms with E-state index >= 15 is 0 Å². The van der Waals surface area contributed by atoms with E-state index in [4.69, 9.17) is 11.5 Å². The Labute approximate surface area is 106 Å². The number of hydrogen-bond acceptors (Lipinski definition) is 3. The minimum Gasteiger partial charge on any atom is -0.480 e. The number of aliphatic hydroxyl groups excluding tert-OH is 1. The molecule has 3 N–H and O–H groups in total. The summed E-state index contributed by atoms with van der Waals surface area (Å²) in [5.41, 5.74) is 0. The van der Waals surface area contributed by atoms with Gasteiger partial charge in [-0.05, 0) is 6.42 Å². The molecule has 1 fully saturated rings. The summed E-state index contributed by atoms with van der Waals surface area (Å²) in [5, 5.41) is 21.0. The number of carboxylic acid groups (broad SMARTS) is 1. The van der Waals surface area contributed by atoms with Crippen LogP contribution in [0.5, 0.6) is 0 Å². The van der Waals surface area contributed by atoms with Crippen LogP contribution in [0.15, 0.2) is 0 Å². The Morgan fingerprint density at radius 2 is 2.28 bits per heavy atom. The summed E-state index contributed by atoms with van der Waals surface area (Å²) < 4.78 is 0. The van der Waals surface area contributed by atoms with Crippen LogP contribution in [0.25, 0.3) is 0 Å². The topological polar surface area (TPSA) is 89.9 Å². The van der Waals surface area contributed by atoms with Gasteiger partial charge in [-0.15, -0.1) is 6.42 Å². The Morgan fingerprint density at radius 1 is 1.61 bits per heavy atom. The first-order valence-corrected chi connectivity index (χ1v) is 5.93. The second-order valence-electron chi connectivity index (χ2n) is 4.35. The normalized spacial score (nSPS) is 24.4.